The maximum Gasteiger partial charge on any atom is 0.256 e. The van der Waals surface area contributed by atoms with Crippen LogP contribution in [0, 0.1) is 0 Å². The summed E-state index contributed by atoms with van der Waals surface area (Å²) in [6, 6.07) is 13.0. The Morgan fingerprint density at radius 3 is 2.56 bits per heavy atom. The van der Waals surface area contributed by atoms with Gasteiger partial charge in [0.15, 0.2) is 0 Å². The Hall–Kier alpha value is -3.82. The van der Waals surface area contributed by atoms with Crippen molar-refractivity contribution < 1.29 is 9.90 Å². The molecular weight excluding hydrogens is 514 g/mol. The molecule has 1 fully saturated rings. The van der Waals surface area contributed by atoms with E-state index in [2.05, 4.69) is 75.8 Å². The summed E-state index contributed by atoms with van der Waals surface area (Å²) in [4.78, 5) is 29.0. The second-order valence-corrected chi connectivity index (χ2v) is 11.6. The largest absolute Gasteiger partial charge is 0.384 e. The van der Waals surface area contributed by atoms with Gasteiger partial charge in [-0.15, -0.1) is 6.58 Å². The van der Waals surface area contributed by atoms with Gasteiger partial charge in [-0.2, -0.15) is 4.98 Å². The van der Waals surface area contributed by atoms with E-state index in [-0.39, 0.29) is 11.5 Å². The number of carbonyl (C=O) groups is 1. The van der Waals surface area contributed by atoms with Crippen LogP contribution in [-0.2, 0) is 12.0 Å². The van der Waals surface area contributed by atoms with E-state index in [1.807, 2.05) is 12.1 Å². The van der Waals surface area contributed by atoms with Crippen LogP contribution >= 0.6 is 0 Å². The number of pyridine rings is 1. The molecule has 2 aromatic heterocycles. The lowest BCUT2D eigenvalue weighted by molar-refractivity contribution is 0.0341. The van der Waals surface area contributed by atoms with E-state index in [0.717, 1.165) is 24.1 Å². The highest BCUT2D eigenvalue weighted by atomic mass is 16.3. The van der Waals surface area contributed by atoms with Crippen molar-refractivity contribution in [3.8, 4) is 0 Å². The zero-order chi connectivity index (χ0) is 29.0. The van der Waals surface area contributed by atoms with E-state index < -0.39 is 5.60 Å². The molecule has 9 nitrogen and oxygen atoms in total. The van der Waals surface area contributed by atoms with Gasteiger partial charge in [0.25, 0.3) is 5.91 Å². The number of amides is 1. The highest BCUT2D eigenvalue weighted by molar-refractivity contribution is 5.99. The zero-order valence-electron chi connectivity index (χ0n) is 24.3. The first-order valence-electron chi connectivity index (χ1n) is 14.5. The molecule has 5 rings (SSSR count). The van der Waals surface area contributed by atoms with Gasteiger partial charge >= 0.3 is 0 Å². The van der Waals surface area contributed by atoms with Crippen molar-refractivity contribution in [2.45, 2.75) is 69.4 Å². The smallest absolute Gasteiger partial charge is 0.256 e. The molecule has 216 valence electrons. The van der Waals surface area contributed by atoms with E-state index in [1.165, 1.54) is 37.4 Å². The molecule has 9 heteroatoms. The van der Waals surface area contributed by atoms with Gasteiger partial charge in [0.05, 0.1) is 5.69 Å². The number of hydrogen-bond donors (Lipinski definition) is 4. The average Bonchev–Trinajstić information content (AvgIpc) is 2.97. The van der Waals surface area contributed by atoms with Crippen molar-refractivity contribution in [2.75, 3.05) is 31.3 Å². The number of aliphatic hydroxyl groups is 1. The van der Waals surface area contributed by atoms with Crippen molar-refractivity contribution >= 4 is 29.2 Å². The third kappa shape index (κ3) is 6.74. The lowest BCUT2D eigenvalue weighted by Crippen LogP contribution is -2.31. The standard InChI is InChI=1S/C32H41N7O2/c1-5-19-33-30(40)26-20-34-31(35-24-13-8-21(9-14-24)22-10-15-25(16-11-22)39(3)4)38-29(26)37-27-17-12-23-7-6-18-32(2,41)28(23)36-27/h5,8-9,12-14,17,20,22,25,41H,1,6-7,10-11,15-16,18-19H2,2-4H3,(H,33,40)(H2,34,35,36,37,38). The molecule has 0 saturated heterocycles. The van der Waals surface area contributed by atoms with E-state index in [1.54, 1.807) is 13.0 Å². The highest BCUT2D eigenvalue weighted by Gasteiger charge is 2.31. The van der Waals surface area contributed by atoms with Crippen LogP contribution in [0.15, 0.2) is 55.3 Å². The summed E-state index contributed by atoms with van der Waals surface area (Å²) in [6.07, 6.45) is 10.4. The third-order valence-electron chi connectivity index (χ3n) is 8.35. The number of nitrogens with zero attached hydrogens (tertiary/aromatic N) is 4. The summed E-state index contributed by atoms with van der Waals surface area (Å²) in [5.41, 5.74) is 3.22. The topological polar surface area (TPSA) is 115 Å². The van der Waals surface area contributed by atoms with E-state index in [9.17, 15) is 9.90 Å². The molecule has 0 bridgehead atoms. The third-order valence-corrected chi connectivity index (χ3v) is 8.35. The van der Waals surface area contributed by atoms with Crippen LogP contribution in [0.5, 0.6) is 0 Å². The molecule has 0 aliphatic heterocycles. The average molecular weight is 556 g/mol. The van der Waals surface area contributed by atoms with Gasteiger partial charge in [-0.05, 0) is 101 Å². The summed E-state index contributed by atoms with van der Waals surface area (Å²) in [6.45, 7) is 5.79. The second-order valence-electron chi connectivity index (χ2n) is 11.6. The molecule has 41 heavy (non-hydrogen) atoms. The molecule has 2 aliphatic carbocycles. The Morgan fingerprint density at radius 1 is 1.10 bits per heavy atom. The van der Waals surface area contributed by atoms with Gasteiger partial charge in [-0.1, -0.05) is 24.3 Å². The molecule has 1 unspecified atom stereocenters. The fourth-order valence-corrected chi connectivity index (χ4v) is 5.95. The van der Waals surface area contributed by atoms with Crippen molar-refractivity contribution in [2.24, 2.45) is 0 Å². The summed E-state index contributed by atoms with van der Waals surface area (Å²) >= 11 is 0. The lowest BCUT2D eigenvalue weighted by atomic mass is 9.81. The van der Waals surface area contributed by atoms with E-state index in [0.29, 0.717) is 48.2 Å². The fourth-order valence-electron chi connectivity index (χ4n) is 5.95. The maximum atomic E-state index is 12.9. The Labute approximate surface area is 242 Å². The summed E-state index contributed by atoms with van der Waals surface area (Å²) in [7, 11) is 4.34. The quantitative estimate of drug-likeness (QED) is 0.259. The van der Waals surface area contributed by atoms with E-state index in [4.69, 9.17) is 4.98 Å². The Balaban J connectivity index is 1.35. The molecular formula is C32H41N7O2. The van der Waals surface area contributed by atoms with Crippen molar-refractivity contribution in [3.63, 3.8) is 0 Å². The van der Waals surface area contributed by atoms with Crippen LogP contribution in [0.4, 0.5) is 23.3 Å². The molecule has 4 N–H and O–H groups in total. The molecule has 3 aromatic rings. The molecule has 1 amide bonds. The van der Waals surface area contributed by atoms with E-state index >= 15 is 0 Å². The molecule has 0 spiro atoms. The molecule has 1 atom stereocenters. The molecule has 1 aromatic carbocycles. The number of aryl methyl sites for hydroxylation is 1. The Morgan fingerprint density at radius 2 is 1.85 bits per heavy atom. The molecule has 1 saturated carbocycles. The predicted octanol–water partition coefficient (Wildman–Crippen LogP) is 5.41. The minimum absolute atomic E-state index is 0.285. The van der Waals surface area contributed by atoms with Gasteiger partial charge in [-0.25, -0.2) is 9.97 Å². The summed E-state index contributed by atoms with van der Waals surface area (Å²) in [5, 5.41) is 20.2. The van der Waals surface area contributed by atoms with Gasteiger partial charge in [-0.3, -0.25) is 4.79 Å². The van der Waals surface area contributed by atoms with Gasteiger partial charge in [0.2, 0.25) is 5.95 Å². The van der Waals surface area contributed by atoms with Gasteiger partial charge in [0, 0.05) is 24.5 Å². The first kappa shape index (κ1) is 28.7. The molecule has 2 aliphatic rings. The number of carbonyl (C=O) groups excluding carboxylic acids is 1. The van der Waals surface area contributed by atoms with Gasteiger partial charge < -0.3 is 26.0 Å². The SMILES string of the molecule is C=CCNC(=O)c1cnc(Nc2ccc(C3CCC(N(C)C)CC3)cc2)nc1Nc1ccc2c(n1)C(C)(O)CCC2. The second kappa shape index (κ2) is 12.4. The van der Waals surface area contributed by atoms with Crippen LogP contribution in [-0.4, -0.2) is 57.5 Å². The van der Waals surface area contributed by atoms with Crippen molar-refractivity contribution in [3.05, 3.63) is 77.6 Å². The highest BCUT2D eigenvalue weighted by Crippen LogP contribution is 2.36. The number of fused-ring (bicyclic) bond motifs is 1. The van der Waals surface area contributed by atoms with Crippen LogP contribution in [0.25, 0.3) is 0 Å². The number of nitrogens with one attached hydrogen (secondary N) is 3. The minimum Gasteiger partial charge on any atom is -0.384 e. The first-order chi connectivity index (χ1) is 19.7. The molecule has 2 heterocycles. The van der Waals surface area contributed by atoms with Gasteiger partial charge in [0.1, 0.15) is 22.8 Å². The number of benzene rings is 1. The van der Waals surface area contributed by atoms with Crippen LogP contribution in [0.2, 0.25) is 0 Å². The van der Waals surface area contributed by atoms with Crippen LogP contribution < -0.4 is 16.0 Å². The Bertz CT molecular complexity index is 1380. The predicted molar refractivity (Wildman–Crippen MR) is 163 cm³/mol. The monoisotopic (exact) mass is 555 g/mol. The van der Waals surface area contributed by atoms with Crippen molar-refractivity contribution in [1.29, 1.82) is 0 Å². The first-order valence-corrected chi connectivity index (χ1v) is 14.5. The summed E-state index contributed by atoms with van der Waals surface area (Å²) in [5.74, 6) is 1.45. The normalized spacial score (nSPS) is 22.1. The zero-order valence-corrected chi connectivity index (χ0v) is 24.3. The van der Waals surface area contributed by atoms with Crippen LogP contribution in [0.3, 0.4) is 0 Å². The molecule has 0 radical (unpaired) electrons. The maximum absolute atomic E-state index is 12.9. The van der Waals surface area contributed by atoms with Crippen LogP contribution in [0.1, 0.15) is 78.5 Å². The number of hydrogen-bond acceptors (Lipinski definition) is 8. The minimum atomic E-state index is -0.994. The number of anilines is 4. The Kier molecular flexibility index (Phi) is 8.65. The lowest BCUT2D eigenvalue weighted by Gasteiger charge is -2.32. The number of rotatable bonds is 9. The number of aromatic nitrogens is 3. The summed E-state index contributed by atoms with van der Waals surface area (Å²) < 4.78 is 0. The fraction of sp³-hybridized carbons (Fsp3) is 0.438. The van der Waals surface area contributed by atoms with Crippen molar-refractivity contribution in [1.82, 2.24) is 25.2 Å².